The lowest BCUT2D eigenvalue weighted by molar-refractivity contribution is -0.120. The van der Waals surface area contributed by atoms with Crippen molar-refractivity contribution in [3.8, 4) is 22.5 Å². The summed E-state index contributed by atoms with van der Waals surface area (Å²) in [6.07, 6.45) is 7.87. The summed E-state index contributed by atoms with van der Waals surface area (Å²) in [7, 11) is 0. The van der Waals surface area contributed by atoms with E-state index in [2.05, 4.69) is 79.7 Å². The molecule has 3 aliphatic heterocycles. The fourth-order valence-corrected chi connectivity index (χ4v) is 8.73. The van der Waals surface area contributed by atoms with Crippen molar-refractivity contribution < 1.29 is 18.9 Å². The number of nitrogens with zero attached hydrogens (tertiary/aromatic N) is 10. The highest BCUT2D eigenvalue weighted by atomic mass is 16.5. The molecule has 1 aromatic carbocycles. The maximum atomic E-state index is 12.9. The molecule has 0 saturated carbocycles. The van der Waals surface area contributed by atoms with Gasteiger partial charge in [-0.3, -0.25) is 24.7 Å². The lowest BCUT2D eigenvalue weighted by atomic mass is 9.95. The van der Waals surface area contributed by atoms with Crippen LogP contribution in [0.2, 0.25) is 0 Å². The number of amides is 4. The maximum absolute atomic E-state index is 12.9. The van der Waals surface area contributed by atoms with Crippen molar-refractivity contribution in [2.45, 2.75) is 65.3 Å². The van der Waals surface area contributed by atoms with Crippen LogP contribution in [0.25, 0.3) is 33.5 Å². The molecular formula is C46H53N13O4. The van der Waals surface area contributed by atoms with E-state index in [-0.39, 0.29) is 29.7 Å². The first-order chi connectivity index (χ1) is 30.4. The van der Waals surface area contributed by atoms with Crippen molar-refractivity contribution in [3.63, 3.8) is 0 Å². The molecule has 8 heterocycles. The van der Waals surface area contributed by atoms with Crippen molar-refractivity contribution in [3.05, 3.63) is 90.1 Å². The quantitative estimate of drug-likeness (QED) is 0.144. The number of H-pyrrole nitrogens is 1. The van der Waals surface area contributed by atoms with Gasteiger partial charge in [0, 0.05) is 92.6 Å². The van der Waals surface area contributed by atoms with Crippen LogP contribution in [0.3, 0.4) is 0 Å². The molecule has 0 spiro atoms. The zero-order valence-corrected chi connectivity index (χ0v) is 36.4. The Morgan fingerprint density at radius 2 is 1.63 bits per heavy atom. The van der Waals surface area contributed by atoms with E-state index < -0.39 is 11.9 Å². The number of aromatic nitrogens is 7. The number of aryl methyl sites for hydroxylation is 1. The van der Waals surface area contributed by atoms with Gasteiger partial charge >= 0.3 is 17.8 Å². The molecule has 326 valence electrons. The minimum absolute atomic E-state index is 0.0512. The highest BCUT2D eigenvalue weighted by Crippen LogP contribution is 2.33. The standard InChI is InChI=1S/C46H53N13O4/c1-28-22-31(6-9-34(28)29(2)51-42(61)43-54-44(55-63-43)46(3,4)5)40-35-23-36(52-41(35)50-27-49-40)32-7-10-37(47-24-32)58-20-18-56(19-21-58)26-30-12-15-57(16-13-30)33-8-11-38(48-25-33)59-17-14-39(60)53-45(59)62/h6-11,22-25,27,29-30H,12-21,26H2,1-5H3,(H,51,61)(H,49,50,52)(H,53,60,62). The van der Waals surface area contributed by atoms with Gasteiger partial charge in [-0.05, 0) is 80.1 Å². The number of hydrogen-bond acceptors (Lipinski definition) is 13. The molecule has 6 aromatic rings. The summed E-state index contributed by atoms with van der Waals surface area (Å²) in [5.74, 6) is 1.96. The first kappa shape index (κ1) is 41.6. The highest BCUT2D eigenvalue weighted by molar-refractivity contribution is 6.05. The third-order valence-corrected chi connectivity index (χ3v) is 12.4. The van der Waals surface area contributed by atoms with Crippen LogP contribution < -0.4 is 25.3 Å². The fraction of sp³-hybridized carbons (Fsp3) is 0.413. The Hall–Kier alpha value is -6.75. The molecule has 3 fully saturated rings. The largest absolute Gasteiger partial charge is 0.370 e. The topological polar surface area (TPSA) is 194 Å². The fourth-order valence-electron chi connectivity index (χ4n) is 8.73. The Bertz CT molecular complexity index is 2620. The lowest BCUT2D eigenvalue weighted by Gasteiger charge is -2.39. The van der Waals surface area contributed by atoms with Crippen LogP contribution in [-0.2, 0) is 10.2 Å². The number of aromatic amines is 1. The SMILES string of the molecule is Cc1cc(-c2ncnc3[nH]c(-c4ccc(N5CCN(CC6CCN(c7ccc(N8CCC(=O)NC8=O)nc7)CC6)CC5)nc4)cc23)ccc1C(C)NC(=O)c1nc(C(C)(C)C)no1. The van der Waals surface area contributed by atoms with E-state index in [0.29, 0.717) is 24.1 Å². The van der Waals surface area contributed by atoms with Gasteiger partial charge in [0.2, 0.25) is 5.91 Å². The summed E-state index contributed by atoms with van der Waals surface area (Å²) in [5, 5.41) is 10.2. The average molecular weight is 852 g/mol. The van der Waals surface area contributed by atoms with Gasteiger partial charge in [0.25, 0.3) is 0 Å². The van der Waals surface area contributed by atoms with Crippen molar-refractivity contribution in [2.75, 3.05) is 67.1 Å². The smallest absolute Gasteiger partial charge is 0.329 e. The number of urea groups is 1. The van der Waals surface area contributed by atoms with E-state index in [1.807, 2.05) is 71.3 Å². The molecule has 9 rings (SSSR count). The Morgan fingerprint density at radius 1 is 0.873 bits per heavy atom. The lowest BCUT2D eigenvalue weighted by Crippen LogP contribution is -2.50. The van der Waals surface area contributed by atoms with E-state index >= 15 is 0 Å². The first-order valence-corrected chi connectivity index (χ1v) is 21.7. The third-order valence-electron chi connectivity index (χ3n) is 12.4. The Morgan fingerprint density at radius 3 is 2.32 bits per heavy atom. The number of nitrogens with one attached hydrogen (secondary N) is 3. The number of hydrogen-bond donors (Lipinski definition) is 3. The molecule has 3 N–H and O–H groups in total. The number of carbonyl (C=O) groups is 3. The molecule has 0 radical (unpaired) electrons. The number of imide groups is 1. The van der Waals surface area contributed by atoms with Gasteiger partial charge < -0.3 is 24.6 Å². The van der Waals surface area contributed by atoms with Crippen LogP contribution in [0.4, 0.5) is 22.1 Å². The number of piperidine rings is 1. The minimum atomic E-state index is -0.416. The summed E-state index contributed by atoms with van der Waals surface area (Å²) >= 11 is 0. The molecule has 1 unspecified atom stereocenters. The predicted octanol–water partition coefficient (Wildman–Crippen LogP) is 6.05. The van der Waals surface area contributed by atoms with Crippen LogP contribution in [0.1, 0.15) is 80.6 Å². The Balaban J connectivity index is 0.768. The van der Waals surface area contributed by atoms with Crippen LogP contribution in [0.5, 0.6) is 0 Å². The van der Waals surface area contributed by atoms with Gasteiger partial charge in [-0.15, -0.1) is 0 Å². The molecule has 4 amide bonds. The van der Waals surface area contributed by atoms with Gasteiger partial charge in [0.05, 0.1) is 23.6 Å². The van der Waals surface area contributed by atoms with Crippen molar-refractivity contribution >= 4 is 46.2 Å². The van der Waals surface area contributed by atoms with Gasteiger partial charge in [-0.2, -0.15) is 4.98 Å². The van der Waals surface area contributed by atoms with E-state index in [9.17, 15) is 14.4 Å². The number of piperazine rings is 1. The Labute approximate surface area is 365 Å². The number of pyridine rings is 2. The van der Waals surface area contributed by atoms with Gasteiger partial charge in [0.15, 0.2) is 5.82 Å². The number of rotatable bonds is 10. The van der Waals surface area contributed by atoms with Crippen molar-refractivity contribution in [1.82, 2.24) is 50.6 Å². The molecule has 63 heavy (non-hydrogen) atoms. The van der Waals surface area contributed by atoms with E-state index in [0.717, 1.165) is 115 Å². The van der Waals surface area contributed by atoms with Gasteiger partial charge in [-0.1, -0.05) is 38.1 Å². The zero-order chi connectivity index (χ0) is 43.8. The van der Waals surface area contributed by atoms with Crippen molar-refractivity contribution in [1.29, 1.82) is 0 Å². The molecule has 0 bridgehead atoms. The molecule has 5 aromatic heterocycles. The van der Waals surface area contributed by atoms with Crippen LogP contribution in [-0.4, -0.2) is 110 Å². The molecular weight excluding hydrogens is 799 g/mol. The van der Waals surface area contributed by atoms with Gasteiger partial charge in [-0.25, -0.2) is 24.7 Å². The van der Waals surface area contributed by atoms with Crippen LogP contribution >= 0.6 is 0 Å². The molecule has 17 nitrogen and oxygen atoms in total. The minimum Gasteiger partial charge on any atom is -0.370 e. The van der Waals surface area contributed by atoms with E-state index in [1.54, 1.807) is 6.33 Å². The second-order valence-electron chi connectivity index (χ2n) is 17.9. The summed E-state index contributed by atoms with van der Waals surface area (Å²) in [5.41, 5.74) is 7.11. The molecule has 1 atom stereocenters. The average Bonchev–Trinajstić information content (AvgIpc) is 3.97. The molecule has 3 aliphatic rings. The summed E-state index contributed by atoms with van der Waals surface area (Å²) in [4.78, 5) is 71.9. The maximum Gasteiger partial charge on any atom is 0.329 e. The second kappa shape index (κ2) is 17.2. The second-order valence-corrected chi connectivity index (χ2v) is 17.9. The number of fused-ring (bicyclic) bond motifs is 1. The zero-order valence-electron chi connectivity index (χ0n) is 36.4. The summed E-state index contributed by atoms with van der Waals surface area (Å²) < 4.78 is 5.25. The molecule has 3 saturated heterocycles. The van der Waals surface area contributed by atoms with E-state index in [4.69, 9.17) is 9.51 Å². The third kappa shape index (κ3) is 8.96. The van der Waals surface area contributed by atoms with Gasteiger partial charge in [0.1, 0.15) is 23.6 Å². The van der Waals surface area contributed by atoms with E-state index in [1.165, 1.54) is 4.90 Å². The normalized spacial score (nSPS) is 17.3. The van der Waals surface area contributed by atoms with Crippen LogP contribution in [0.15, 0.2) is 71.8 Å². The number of anilines is 3. The monoisotopic (exact) mass is 851 g/mol. The van der Waals surface area contributed by atoms with Crippen molar-refractivity contribution in [2.24, 2.45) is 5.92 Å². The molecule has 0 aliphatic carbocycles. The number of carbonyl (C=O) groups excluding carboxylic acids is 3. The highest BCUT2D eigenvalue weighted by Gasteiger charge is 2.28. The summed E-state index contributed by atoms with van der Waals surface area (Å²) in [6.45, 7) is 17.1. The number of benzene rings is 1. The predicted molar refractivity (Wildman–Crippen MR) is 240 cm³/mol. The first-order valence-electron chi connectivity index (χ1n) is 21.7. The van der Waals surface area contributed by atoms with Crippen LogP contribution in [0, 0.1) is 12.8 Å². The Kier molecular flexibility index (Phi) is 11.4. The molecule has 17 heteroatoms. The summed E-state index contributed by atoms with van der Waals surface area (Å²) in [6, 6.07) is 15.6.